The highest BCUT2D eigenvalue weighted by atomic mass is 16.5. The Bertz CT molecular complexity index is 716. The molecular weight excluding hydrogens is 296 g/mol. The van der Waals surface area contributed by atoms with Crippen LogP contribution in [-0.2, 0) is 20.9 Å². The highest BCUT2D eigenvalue weighted by Gasteiger charge is 2.16. The van der Waals surface area contributed by atoms with Crippen LogP contribution < -0.4 is 15.4 Å². The maximum absolute atomic E-state index is 11.9. The lowest BCUT2D eigenvalue weighted by Gasteiger charge is -2.18. The second-order valence-electron chi connectivity index (χ2n) is 5.07. The molecule has 0 aromatic heterocycles. The van der Waals surface area contributed by atoms with E-state index in [4.69, 9.17) is 9.47 Å². The zero-order chi connectivity index (χ0) is 16.1. The summed E-state index contributed by atoms with van der Waals surface area (Å²) in [7, 11) is 0. The predicted octanol–water partition coefficient (Wildman–Crippen LogP) is 2.17. The molecule has 0 bridgehead atoms. The standard InChI is InChI=1S/C17H16N2O4/c20-16(10-22-9-12-4-2-1-3-5-12)18-13-6-7-15-14(8-13)19-17(21)11-23-15/h1-8H,9-11H2,(H,18,20)(H,19,21). The fourth-order valence-corrected chi connectivity index (χ4v) is 2.19. The normalized spacial score (nSPS) is 12.8. The van der Waals surface area contributed by atoms with E-state index in [0.717, 1.165) is 5.56 Å². The van der Waals surface area contributed by atoms with Crippen molar-refractivity contribution in [3.8, 4) is 5.75 Å². The number of benzene rings is 2. The number of amides is 2. The molecule has 6 nitrogen and oxygen atoms in total. The molecular formula is C17H16N2O4. The molecule has 2 N–H and O–H groups in total. The van der Waals surface area contributed by atoms with E-state index in [1.807, 2.05) is 30.3 Å². The van der Waals surface area contributed by atoms with E-state index in [1.54, 1.807) is 18.2 Å². The van der Waals surface area contributed by atoms with Crippen molar-refractivity contribution >= 4 is 23.2 Å². The second-order valence-corrected chi connectivity index (χ2v) is 5.07. The minimum Gasteiger partial charge on any atom is -0.482 e. The van der Waals surface area contributed by atoms with Crippen molar-refractivity contribution in [3.05, 3.63) is 54.1 Å². The third-order valence-corrected chi connectivity index (χ3v) is 3.24. The minimum atomic E-state index is -0.260. The van der Waals surface area contributed by atoms with Crippen LogP contribution >= 0.6 is 0 Å². The Morgan fingerprint density at radius 2 is 2.04 bits per heavy atom. The molecule has 1 heterocycles. The molecule has 0 radical (unpaired) electrons. The molecule has 0 saturated heterocycles. The Labute approximate surface area is 133 Å². The summed E-state index contributed by atoms with van der Waals surface area (Å²) in [5, 5.41) is 5.41. The molecule has 1 aliphatic rings. The van der Waals surface area contributed by atoms with Gasteiger partial charge in [0.05, 0.1) is 12.3 Å². The maximum atomic E-state index is 11.9. The van der Waals surface area contributed by atoms with Crippen molar-refractivity contribution in [2.45, 2.75) is 6.61 Å². The van der Waals surface area contributed by atoms with E-state index in [-0.39, 0.29) is 25.0 Å². The van der Waals surface area contributed by atoms with Crippen molar-refractivity contribution < 1.29 is 19.1 Å². The number of rotatable bonds is 5. The van der Waals surface area contributed by atoms with Gasteiger partial charge in [-0.15, -0.1) is 0 Å². The number of carbonyl (C=O) groups is 2. The number of fused-ring (bicyclic) bond motifs is 1. The van der Waals surface area contributed by atoms with Crippen LogP contribution in [0.5, 0.6) is 5.75 Å². The second kappa shape index (κ2) is 6.93. The minimum absolute atomic E-state index is 0.00598. The molecule has 0 spiro atoms. The van der Waals surface area contributed by atoms with Crippen LogP contribution in [0.1, 0.15) is 5.56 Å². The lowest BCUT2D eigenvalue weighted by Crippen LogP contribution is -2.25. The van der Waals surface area contributed by atoms with Gasteiger partial charge in [0.1, 0.15) is 12.4 Å². The Morgan fingerprint density at radius 1 is 1.22 bits per heavy atom. The van der Waals surface area contributed by atoms with Gasteiger partial charge in [0.2, 0.25) is 5.91 Å². The number of hydrogen-bond donors (Lipinski definition) is 2. The molecule has 0 fully saturated rings. The molecule has 2 amide bonds. The summed E-state index contributed by atoms with van der Waals surface area (Å²) in [6.45, 7) is 0.337. The predicted molar refractivity (Wildman–Crippen MR) is 85.3 cm³/mol. The summed E-state index contributed by atoms with van der Waals surface area (Å²) < 4.78 is 10.6. The zero-order valence-corrected chi connectivity index (χ0v) is 12.4. The van der Waals surface area contributed by atoms with E-state index in [9.17, 15) is 9.59 Å². The Morgan fingerprint density at radius 3 is 2.87 bits per heavy atom. The van der Waals surface area contributed by atoms with Gasteiger partial charge in [-0.3, -0.25) is 9.59 Å². The first kappa shape index (κ1) is 15.1. The molecule has 0 unspecified atom stereocenters. The van der Waals surface area contributed by atoms with Gasteiger partial charge in [0, 0.05) is 5.69 Å². The van der Waals surface area contributed by atoms with Gasteiger partial charge in [-0.2, -0.15) is 0 Å². The molecule has 0 atom stereocenters. The average Bonchev–Trinajstić information content (AvgIpc) is 2.55. The lowest BCUT2D eigenvalue weighted by atomic mass is 10.2. The van der Waals surface area contributed by atoms with E-state index in [1.165, 1.54) is 0 Å². The number of ether oxygens (including phenoxy) is 2. The fourth-order valence-electron chi connectivity index (χ4n) is 2.19. The Kier molecular flexibility index (Phi) is 4.54. The Hall–Kier alpha value is -2.86. The van der Waals surface area contributed by atoms with Crippen LogP contribution in [0, 0.1) is 0 Å². The van der Waals surface area contributed by atoms with E-state index < -0.39 is 0 Å². The summed E-state index contributed by atoms with van der Waals surface area (Å²) >= 11 is 0. The summed E-state index contributed by atoms with van der Waals surface area (Å²) in [6, 6.07) is 14.7. The molecule has 23 heavy (non-hydrogen) atoms. The highest BCUT2D eigenvalue weighted by Crippen LogP contribution is 2.30. The highest BCUT2D eigenvalue weighted by molar-refractivity contribution is 5.97. The van der Waals surface area contributed by atoms with Gasteiger partial charge in [-0.1, -0.05) is 30.3 Å². The van der Waals surface area contributed by atoms with Gasteiger partial charge in [-0.25, -0.2) is 0 Å². The Balaban J connectivity index is 1.52. The average molecular weight is 312 g/mol. The maximum Gasteiger partial charge on any atom is 0.262 e. The van der Waals surface area contributed by atoms with E-state index in [0.29, 0.717) is 23.7 Å². The van der Waals surface area contributed by atoms with Crippen LogP contribution in [0.3, 0.4) is 0 Å². The first-order chi connectivity index (χ1) is 11.2. The third kappa shape index (κ3) is 4.08. The van der Waals surface area contributed by atoms with Gasteiger partial charge in [-0.05, 0) is 23.8 Å². The molecule has 0 saturated carbocycles. The smallest absolute Gasteiger partial charge is 0.262 e. The van der Waals surface area contributed by atoms with Crippen LogP contribution in [0.4, 0.5) is 11.4 Å². The first-order valence-electron chi connectivity index (χ1n) is 7.19. The number of carbonyl (C=O) groups excluding carboxylic acids is 2. The van der Waals surface area contributed by atoms with Crippen molar-refractivity contribution in [1.29, 1.82) is 0 Å². The van der Waals surface area contributed by atoms with Crippen LogP contribution in [0.25, 0.3) is 0 Å². The molecule has 2 aromatic rings. The van der Waals surface area contributed by atoms with Crippen molar-refractivity contribution in [2.75, 3.05) is 23.8 Å². The summed E-state index contributed by atoms with van der Waals surface area (Å²) in [5.41, 5.74) is 2.13. The van der Waals surface area contributed by atoms with Crippen LogP contribution in [-0.4, -0.2) is 25.0 Å². The quantitative estimate of drug-likeness (QED) is 0.887. The molecule has 6 heteroatoms. The fraction of sp³-hybridized carbons (Fsp3) is 0.176. The lowest BCUT2D eigenvalue weighted by molar-refractivity contribution is -0.121. The topological polar surface area (TPSA) is 76.7 Å². The summed E-state index contributed by atoms with van der Waals surface area (Å²) in [4.78, 5) is 23.2. The molecule has 2 aromatic carbocycles. The van der Waals surface area contributed by atoms with Crippen molar-refractivity contribution in [1.82, 2.24) is 0 Å². The van der Waals surface area contributed by atoms with Crippen molar-refractivity contribution in [2.24, 2.45) is 0 Å². The largest absolute Gasteiger partial charge is 0.482 e. The van der Waals surface area contributed by atoms with Gasteiger partial charge in [0.25, 0.3) is 5.91 Å². The van der Waals surface area contributed by atoms with E-state index in [2.05, 4.69) is 10.6 Å². The SMILES string of the molecule is O=C(COCc1ccccc1)Nc1ccc2c(c1)NC(=O)CO2. The van der Waals surface area contributed by atoms with Gasteiger partial charge >= 0.3 is 0 Å². The first-order valence-corrected chi connectivity index (χ1v) is 7.19. The van der Waals surface area contributed by atoms with Crippen molar-refractivity contribution in [3.63, 3.8) is 0 Å². The number of nitrogens with one attached hydrogen (secondary N) is 2. The molecule has 0 aliphatic carbocycles. The number of anilines is 2. The van der Waals surface area contributed by atoms with Crippen LogP contribution in [0.2, 0.25) is 0 Å². The molecule has 3 rings (SSSR count). The van der Waals surface area contributed by atoms with Crippen LogP contribution in [0.15, 0.2) is 48.5 Å². The summed E-state index contributed by atoms with van der Waals surface area (Å²) in [5.74, 6) is 0.110. The number of hydrogen-bond acceptors (Lipinski definition) is 4. The third-order valence-electron chi connectivity index (χ3n) is 3.24. The van der Waals surface area contributed by atoms with Gasteiger partial charge < -0.3 is 20.1 Å². The zero-order valence-electron chi connectivity index (χ0n) is 12.4. The molecule has 118 valence electrons. The summed E-state index contributed by atoms with van der Waals surface area (Å²) in [6.07, 6.45) is 0. The van der Waals surface area contributed by atoms with Gasteiger partial charge in [0.15, 0.2) is 6.61 Å². The van der Waals surface area contributed by atoms with E-state index >= 15 is 0 Å². The molecule has 1 aliphatic heterocycles. The monoisotopic (exact) mass is 312 g/mol.